The minimum atomic E-state index is -0.654. The Morgan fingerprint density at radius 2 is 1.62 bits per heavy atom. The topological polar surface area (TPSA) is 87.5 Å². The van der Waals surface area contributed by atoms with Crippen molar-refractivity contribution in [2.75, 3.05) is 36.4 Å². The number of aryl methyl sites for hydroxylation is 1. The molecule has 0 spiro atoms. The van der Waals surface area contributed by atoms with Gasteiger partial charge in [0.15, 0.2) is 5.78 Å². The van der Waals surface area contributed by atoms with E-state index in [1.807, 2.05) is 24.3 Å². The molecule has 9 heteroatoms. The number of hydrogen-bond acceptors (Lipinski definition) is 7. The van der Waals surface area contributed by atoms with Crippen LogP contribution in [0.5, 0.6) is 0 Å². The molecule has 1 aliphatic heterocycles. The quantitative estimate of drug-likeness (QED) is 0.326. The third-order valence-corrected chi connectivity index (χ3v) is 8.33. The second kappa shape index (κ2) is 11.9. The van der Waals surface area contributed by atoms with Crippen molar-refractivity contribution in [2.45, 2.75) is 45.3 Å². The first-order valence-corrected chi connectivity index (χ1v) is 14.5. The summed E-state index contributed by atoms with van der Waals surface area (Å²) in [7, 11) is 0. The summed E-state index contributed by atoms with van der Waals surface area (Å²) < 4.78 is 14.7. The van der Waals surface area contributed by atoms with Gasteiger partial charge in [-0.25, -0.2) is 9.37 Å². The van der Waals surface area contributed by atoms with Crippen molar-refractivity contribution in [3.63, 3.8) is 0 Å². The Hall–Kier alpha value is -4.37. The molecule has 216 valence electrons. The number of piperazine rings is 1. The minimum absolute atomic E-state index is 0.0755. The van der Waals surface area contributed by atoms with Crippen LogP contribution in [0.2, 0.25) is 0 Å². The molecule has 1 saturated carbocycles. The normalized spacial score (nSPS) is 18.0. The van der Waals surface area contributed by atoms with Crippen molar-refractivity contribution in [2.24, 2.45) is 0 Å². The van der Waals surface area contributed by atoms with Crippen LogP contribution in [0.25, 0.3) is 10.9 Å². The second-order valence-electron chi connectivity index (χ2n) is 11.2. The third kappa shape index (κ3) is 5.83. The van der Waals surface area contributed by atoms with Gasteiger partial charge >= 0.3 is 0 Å². The number of benzene rings is 3. The van der Waals surface area contributed by atoms with Crippen molar-refractivity contribution in [3.8, 4) is 0 Å². The van der Waals surface area contributed by atoms with E-state index in [4.69, 9.17) is 0 Å². The standard InChI is InChI=1S/C33H34FN5O3/c1-22-36-29-4-2-3-28(32(29)33(42)39(22)30-14-13-27(40)19-31(30)41)35-20-23-5-7-24(8-6-23)21-37-15-17-38(18-16-37)26-11-9-25(34)10-12-26/h2-12,30,35H,13-21H2,1H3. The Morgan fingerprint density at radius 3 is 2.33 bits per heavy atom. The highest BCUT2D eigenvalue weighted by Gasteiger charge is 2.31. The van der Waals surface area contributed by atoms with Crippen LogP contribution in [0, 0.1) is 12.7 Å². The van der Waals surface area contributed by atoms with Gasteiger partial charge in [-0.2, -0.15) is 0 Å². The fourth-order valence-electron chi connectivity index (χ4n) is 6.03. The van der Waals surface area contributed by atoms with Gasteiger partial charge in [0.25, 0.3) is 5.56 Å². The number of hydrogen-bond donors (Lipinski definition) is 1. The average Bonchev–Trinajstić information content (AvgIpc) is 2.98. The van der Waals surface area contributed by atoms with E-state index in [2.05, 4.69) is 44.4 Å². The number of nitrogens with one attached hydrogen (secondary N) is 1. The predicted molar refractivity (Wildman–Crippen MR) is 161 cm³/mol. The molecule has 0 bridgehead atoms. The van der Waals surface area contributed by atoms with Crippen molar-refractivity contribution in [3.05, 3.63) is 99.9 Å². The van der Waals surface area contributed by atoms with Gasteiger partial charge in [0, 0.05) is 57.1 Å². The van der Waals surface area contributed by atoms with Crippen molar-refractivity contribution in [1.82, 2.24) is 14.5 Å². The first kappa shape index (κ1) is 27.8. The SMILES string of the molecule is Cc1nc2cccc(NCc3ccc(CN4CCN(c5ccc(F)cc5)CC4)cc3)c2c(=O)n1C1CCC(=O)CC1=O. The number of anilines is 2. The van der Waals surface area contributed by atoms with Crippen molar-refractivity contribution >= 4 is 33.8 Å². The molecular weight excluding hydrogens is 533 g/mol. The monoisotopic (exact) mass is 567 g/mol. The molecule has 42 heavy (non-hydrogen) atoms. The Morgan fingerprint density at radius 1 is 0.905 bits per heavy atom. The van der Waals surface area contributed by atoms with Gasteiger partial charge < -0.3 is 10.2 Å². The summed E-state index contributed by atoms with van der Waals surface area (Å²) in [6.45, 7) is 6.82. The maximum atomic E-state index is 13.7. The molecule has 8 nitrogen and oxygen atoms in total. The van der Waals surface area contributed by atoms with Gasteiger partial charge in [-0.15, -0.1) is 0 Å². The zero-order valence-corrected chi connectivity index (χ0v) is 23.7. The lowest BCUT2D eigenvalue weighted by Gasteiger charge is -2.36. The molecule has 1 saturated heterocycles. The molecule has 2 heterocycles. The Bertz CT molecular complexity index is 1680. The molecule has 6 rings (SSSR count). The highest BCUT2D eigenvalue weighted by atomic mass is 19.1. The molecule has 1 atom stereocenters. The van der Waals surface area contributed by atoms with E-state index in [9.17, 15) is 18.8 Å². The number of ketones is 2. The van der Waals surface area contributed by atoms with Gasteiger partial charge in [-0.3, -0.25) is 23.9 Å². The van der Waals surface area contributed by atoms with Crippen LogP contribution in [0.3, 0.4) is 0 Å². The summed E-state index contributed by atoms with van der Waals surface area (Å²) >= 11 is 0. The van der Waals surface area contributed by atoms with Crippen LogP contribution in [0.1, 0.15) is 42.3 Å². The number of halogens is 1. The lowest BCUT2D eigenvalue weighted by Crippen LogP contribution is -2.45. The zero-order chi connectivity index (χ0) is 29.2. The van der Waals surface area contributed by atoms with Crippen molar-refractivity contribution < 1.29 is 14.0 Å². The van der Waals surface area contributed by atoms with E-state index < -0.39 is 6.04 Å². The summed E-state index contributed by atoms with van der Waals surface area (Å²) in [6, 6.07) is 20.0. The molecule has 0 radical (unpaired) electrons. The fourth-order valence-corrected chi connectivity index (χ4v) is 6.03. The van der Waals surface area contributed by atoms with Crippen LogP contribution < -0.4 is 15.8 Å². The number of carbonyl (C=O) groups excluding carboxylic acids is 2. The predicted octanol–water partition coefficient (Wildman–Crippen LogP) is 4.64. The summed E-state index contributed by atoms with van der Waals surface area (Å²) in [4.78, 5) is 47.4. The lowest BCUT2D eigenvalue weighted by atomic mass is 9.92. The molecule has 2 aliphatic rings. The zero-order valence-electron chi connectivity index (χ0n) is 23.7. The van der Waals surface area contributed by atoms with E-state index >= 15 is 0 Å². The molecule has 1 unspecified atom stereocenters. The highest BCUT2D eigenvalue weighted by molar-refractivity contribution is 6.03. The summed E-state index contributed by atoms with van der Waals surface area (Å²) in [5, 5.41) is 3.85. The Balaban J connectivity index is 1.11. The average molecular weight is 568 g/mol. The minimum Gasteiger partial charge on any atom is -0.380 e. The first-order chi connectivity index (χ1) is 20.4. The summed E-state index contributed by atoms with van der Waals surface area (Å²) in [5.74, 6) is -0.0354. The van der Waals surface area contributed by atoms with Gasteiger partial charge in [-0.1, -0.05) is 30.3 Å². The second-order valence-corrected chi connectivity index (χ2v) is 11.2. The fraction of sp³-hybridized carbons (Fsp3) is 0.333. The molecule has 4 aromatic rings. The number of fused-ring (bicyclic) bond motifs is 1. The maximum absolute atomic E-state index is 13.7. The lowest BCUT2D eigenvalue weighted by molar-refractivity contribution is -0.132. The van der Waals surface area contributed by atoms with Gasteiger partial charge in [0.05, 0.1) is 23.4 Å². The van der Waals surface area contributed by atoms with E-state index in [0.29, 0.717) is 41.8 Å². The van der Waals surface area contributed by atoms with Gasteiger partial charge in [0.1, 0.15) is 17.4 Å². The molecule has 3 aromatic carbocycles. The largest absolute Gasteiger partial charge is 0.380 e. The van der Waals surface area contributed by atoms with Crippen LogP contribution in [0.15, 0.2) is 71.5 Å². The molecule has 2 fully saturated rings. The van der Waals surface area contributed by atoms with Crippen LogP contribution in [0.4, 0.5) is 15.8 Å². The maximum Gasteiger partial charge on any atom is 0.264 e. The van der Waals surface area contributed by atoms with Crippen LogP contribution in [-0.4, -0.2) is 52.2 Å². The van der Waals surface area contributed by atoms with Crippen LogP contribution >= 0.6 is 0 Å². The number of carbonyl (C=O) groups is 2. The molecule has 1 aromatic heterocycles. The molecular formula is C33H34FN5O3. The third-order valence-electron chi connectivity index (χ3n) is 8.33. The first-order valence-electron chi connectivity index (χ1n) is 14.5. The number of Topliss-reactive ketones (excluding diaryl/α,β-unsaturated/α-hetero) is 2. The summed E-state index contributed by atoms with van der Waals surface area (Å²) in [5.41, 5.74) is 4.36. The Labute approximate surface area is 243 Å². The van der Waals surface area contributed by atoms with E-state index in [1.54, 1.807) is 13.0 Å². The summed E-state index contributed by atoms with van der Waals surface area (Å²) in [6.07, 6.45) is 0.497. The van der Waals surface area contributed by atoms with Crippen molar-refractivity contribution in [1.29, 1.82) is 0 Å². The molecule has 1 aliphatic carbocycles. The van der Waals surface area contributed by atoms with E-state index in [-0.39, 0.29) is 29.4 Å². The number of rotatable bonds is 7. The van der Waals surface area contributed by atoms with Gasteiger partial charge in [0.2, 0.25) is 0 Å². The number of nitrogens with zero attached hydrogens (tertiary/aromatic N) is 4. The smallest absolute Gasteiger partial charge is 0.264 e. The number of aromatic nitrogens is 2. The Kier molecular flexibility index (Phi) is 7.84. The van der Waals surface area contributed by atoms with Crippen LogP contribution in [-0.2, 0) is 22.7 Å². The van der Waals surface area contributed by atoms with E-state index in [0.717, 1.165) is 44.0 Å². The van der Waals surface area contributed by atoms with E-state index in [1.165, 1.54) is 22.3 Å². The molecule has 0 amide bonds. The highest BCUT2D eigenvalue weighted by Crippen LogP contribution is 2.26. The molecule has 1 N–H and O–H groups in total. The van der Waals surface area contributed by atoms with Gasteiger partial charge in [-0.05, 0) is 60.9 Å².